The Kier molecular flexibility index (Phi) is 5.44. The second-order valence-electron chi connectivity index (χ2n) is 2.90. The molecule has 0 aromatic heterocycles. The minimum Gasteiger partial charge on any atom is -0.805 e. The topological polar surface area (TPSA) is 133 Å². The summed E-state index contributed by atoms with van der Waals surface area (Å²) in [7, 11) is 0. The quantitative estimate of drug-likeness (QED) is 0.218. The first-order chi connectivity index (χ1) is 5.90. The van der Waals surface area contributed by atoms with Gasteiger partial charge in [-0.15, -0.1) is 0 Å². The summed E-state index contributed by atoms with van der Waals surface area (Å²) in [6.07, 6.45) is -6.99. The summed E-state index contributed by atoms with van der Waals surface area (Å²) < 4.78 is 4.21. The van der Waals surface area contributed by atoms with Gasteiger partial charge in [0.1, 0.15) is 30.4 Å². The van der Waals surface area contributed by atoms with Crippen LogP contribution in [0.1, 0.15) is 0 Å². The molecule has 0 spiro atoms. The van der Waals surface area contributed by atoms with Crippen LogP contribution in [0, 0.1) is 0 Å². The number of aliphatic hydroxyl groups excluding tert-OH is 4. The molecule has 0 bridgehead atoms. The van der Waals surface area contributed by atoms with E-state index in [0.29, 0.717) is 0 Å². The van der Waals surface area contributed by atoms with Crippen LogP contribution in [0.4, 0.5) is 0 Å². The maximum atomic E-state index is 10.9. The standard InChI is InChI=1S/C6H11O7.Na/c7-1-2-3(8)4(9)5(10)6(11,12)13-2;/h2-5,7-11H,1H2;/q-1;+1/t2-,3-,4+,5-,6+;/m1./s1. The molecule has 8 heteroatoms. The van der Waals surface area contributed by atoms with E-state index >= 15 is 0 Å². The van der Waals surface area contributed by atoms with Gasteiger partial charge in [-0.25, -0.2) is 0 Å². The van der Waals surface area contributed by atoms with Crippen LogP contribution in [0.2, 0.25) is 0 Å². The number of hydrogen-bond donors (Lipinski definition) is 5. The van der Waals surface area contributed by atoms with Gasteiger partial charge in [-0.2, -0.15) is 0 Å². The first-order valence-electron chi connectivity index (χ1n) is 3.66. The fraction of sp³-hybridized carbons (Fsp3) is 1.00. The Labute approximate surface area is 102 Å². The molecular formula is C6H11NaO7. The van der Waals surface area contributed by atoms with Gasteiger partial charge in [0.2, 0.25) is 0 Å². The van der Waals surface area contributed by atoms with Crippen molar-refractivity contribution in [2.24, 2.45) is 0 Å². The molecule has 78 valence electrons. The van der Waals surface area contributed by atoms with E-state index in [2.05, 4.69) is 4.74 Å². The third kappa shape index (κ3) is 2.64. The van der Waals surface area contributed by atoms with E-state index in [0.717, 1.165) is 0 Å². The molecular weight excluding hydrogens is 207 g/mol. The van der Waals surface area contributed by atoms with Gasteiger partial charge in [0.25, 0.3) is 0 Å². The van der Waals surface area contributed by atoms with Crippen LogP contribution in [-0.4, -0.2) is 62.5 Å². The van der Waals surface area contributed by atoms with E-state index in [1.165, 1.54) is 0 Å². The van der Waals surface area contributed by atoms with Crippen LogP contribution >= 0.6 is 0 Å². The average Bonchev–Trinajstić information content (AvgIpc) is 2.08. The van der Waals surface area contributed by atoms with Gasteiger partial charge in [-0.1, -0.05) is 0 Å². The van der Waals surface area contributed by atoms with Gasteiger partial charge in [-0.3, -0.25) is 0 Å². The molecule has 1 heterocycles. The zero-order valence-corrected chi connectivity index (χ0v) is 9.57. The number of ether oxygens (including phenoxy) is 1. The Morgan fingerprint density at radius 1 is 1.21 bits per heavy atom. The molecule has 0 amide bonds. The molecule has 7 nitrogen and oxygen atoms in total. The third-order valence-electron chi connectivity index (χ3n) is 1.93. The zero-order chi connectivity index (χ0) is 10.2. The third-order valence-corrected chi connectivity index (χ3v) is 1.93. The summed E-state index contributed by atoms with van der Waals surface area (Å²) in [5.74, 6) is -3.20. The summed E-state index contributed by atoms with van der Waals surface area (Å²) >= 11 is 0. The molecule has 1 aliphatic heterocycles. The Hall–Kier alpha value is 0.720. The molecule has 1 aliphatic rings. The van der Waals surface area contributed by atoms with Crippen molar-refractivity contribution in [2.75, 3.05) is 6.61 Å². The molecule has 0 aliphatic carbocycles. The summed E-state index contributed by atoms with van der Waals surface area (Å²) in [5, 5.41) is 55.3. The van der Waals surface area contributed by atoms with Crippen LogP contribution in [-0.2, 0) is 4.74 Å². The Morgan fingerprint density at radius 2 is 1.71 bits per heavy atom. The predicted octanol–water partition coefficient (Wildman–Crippen LogP) is -7.53. The van der Waals surface area contributed by atoms with E-state index in [4.69, 9.17) is 25.5 Å². The van der Waals surface area contributed by atoms with Crippen molar-refractivity contribution >= 4 is 0 Å². The minimum atomic E-state index is -3.20. The fourth-order valence-corrected chi connectivity index (χ4v) is 1.12. The van der Waals surface area contributed by atoms with Gasteiger partial charge in [-0.05, 0) is 0 Å². The normalized spacial score (nSPS) is 48.4. The molecule has 0 unspecified atom stereocenters. The summed E-state index contributed by atoms with van der Waals surface area (Å²) in [6.45, 7) is -0.741. The molecule has 1 fully saturated rings. The molecule has 0 radical (unpaired) electrons. The molecule has 5 atom stereocenters. The number of rotatable bonds is 1. The van der Waals surface area contributed by atoms with Crippen LogP contribution in [0.3, 0.4) is 0 Å². The van der Waals surface area contributed by atoms with Crippen molar-refractivity contribution in [1.29, 1.82) is 0 Å². The number of hydrogen-bond acceptors (Lipinski definition) is 7. The monoisotopic (exact) mass is 218 g/mol. The van der Waals surface area contributed by atoms with Gasteiger partial charge in [0, 0.05) is 0 Å². The number of aliphatic hydroxyl groups is 5. The van der Waals surface area contributed by atoms with E-state index in [1.807, 2.05) is 0 Å². The molecule has 0 saturated carbocycles. The van der Waals surface area contributed by atoms with Gasteiger partial charge in [0.05, 0.1) is 6.61 Å². The van der Waals surface area contributed by atoms with Crippen LogP contribution in [0.5, 0.6) is 0 Å². The van der Waals surface area contributed by atoms with Crippen molar-refractivity contribution < 1.29 is 64.9 Å². The van der Waals surface area contributed by atoms with Crippen LogP contribution < -0.4 is 34.7 Å². The first-order valence-corrected chi connectivity index (χ1v) is 3.66. The van der Waals surface area contributed by atoms with E-state index in [-0.39, 0.29) is 29.6 Å². The maximum absolute atomic E-state index is 10.9. The van der Waals surface area contributed by atoms with Crippen molar-refractivity contribution in [3.63, 3.8) is 0 Å². The van der Waals surface area contributed by atoms with Crippen molar-refractivity contribution in [3.8, 4) is 0 Å². The maximum Gasteiger partial charge on any atom is 1.00 e. The zero-order valence-electron chi connectivity index (χ0n) is 7.57. The van der Waals surface area contributed by atoms with Crippen LogP contribution in [0.25, 0.3) is 0 Å². The fourth-order valence-electron chi connectivity index (χ4n) is 1.12. The molecule has 0 aromatic rings. The summed E-state index contributed by atoms with van der Waals surface area (Å²) in [4.78, 5) is 0. The van der Waals surface area contributed by atoms with E-state index in [9.17, 15) is 5.11 Å². The van der Waals surface area contributed by atoms with Crippen molar-refractivity contribution in [3.05, 3.63) is 0 Å². The van der Waals surface area contributed by atoms with Crippen LogP contribution in [0.15, 0.2) is 0 Å². The molecule has 1 saturated heterocycles. The van der Waals surface area contributed by atoms with E-state index in [1.54, 1.807) is 0 Å². The van der Waals surface area contributed by atoms with Crippen molar-refractivity contribution in [1.82, 2.24) is 0 Å². The summed E-state index contributed by atoms with van der Waals surface area (Å²) in [6, 6.07) is 0. The molecule has 1 rings (SSSR count). The largest absolute Gasteiger partial charge is 1.00 e. The molecule has 0 aromatic carbocycles. The second-order valence-corrected chi connectivity index (χ2v) is 2.90. The molecule has 14 heavy (non-hydrogen) atoms. The van der Waals surface area contributed by atoms with Gasteiger partial charge < -0.3 is 35.4 Å². The minimum absolute atomic E-state index is 0. The Balaban J connectivity index is 0.00000169. The van der Waals surface area contributed by atoms with Crippen molar-refractivity contribution in [2.45, 2.75) is 30.4 Å². The predicted molar refractivity (Wildman–Crippen MR) is 34.9 cm³/mol. The summed E-state index contributed by atoms with van der Waals surface area (Å²) in [5.41, 5.74) is 0. The molecule has 5 N–H and O–H groups in total. The Bertz CT molecular complexity index is 185. The first kappa shape index (κ1) is 14.7. The Morgan fingerprint density at radius 3 is 2.14 bits per heavy atom. The SMILES string of the molecule is [Na+].[O-][C@]1(O)O[C@H](CO)[C@@H](O)[C@H](O)[C@H]1O. The smallest absolute Gasteiger partial charge is 0.805 e. The van der Waals surface area contributed by atoms with Gasteiger partial charge >= 0.3 is 29.6 Å². The van der Waals surface area contributed by atoms with E-state index < -0.39 is 37.0 Å². The average molecular weight is 218 g/mol. The van der Waals surface area contributed by atoms with Gasteiger partial charge in [0.15, 0.2) is 0 Å². The second kappa shape index (κ2) is 5.17.